The predicted octanol–water partition coefficient (Wildman–Crippen LogP) is 4.32. The molecule has 0 aromatic heterocycles. The van der Waals surface area contributed by atoms with E-state index in [4.69, 9.17) is 4.74 Å². The maximum Gasteiger partial charge on any atom is 0.407 e. The second-order valence-electron chi connectivity index (χ2n) is 9.67. The standard InChI is InChI=1S/C21H33NO3/c1-20-10-8-14(23)12-13(20)4-5-15-16-6-7-18(25-19(24)22-3)21(16,2)11-9-17(15)20/h13,15-18H,4-12H2,1-3H3,(H,22,24)/t13?,15?,16?,17?,18-,20-,21-/m0/s1. The van der Waals surface area contributed by atoms with Crippen molar-refractivity contribution in [2.75, 3.05) is 7.05 Å². The van der Waals surface area contributed by atoms with Gasteiger partial charge in [-0.05, 0) is 74.0 Å². The van der Waals surface area contributed by atoms with Crippen LogP contribution in [0.25, 0.3) is 0 Å². The van der Waals surface area contributed by atoms with Crippen LogP contribution in [0.4, 0.5) is 4.79 Å². The van der Waals surface area contributed by atoms with E-state index >= 15 is 0 Å². The van der Waals surface area contributed by atoms with Crippen LogP contribution in [-0.4, -0.2) is 25.0 Å². The van der Waals surface area contributed by atoms with Crippen molar-refractivity contribution in [3.63, 3.8) is 0 Å². The SMILES string of the molecule is CNC(=O)O[C@H]1CCC2C3CCC4CC(=O)CC[C@]4(C)C3CC[C@@]21C. The van der Waals surface area contributed by atoms with Gasteiger partial charge in [-0.3, -0.25) is 4.79 Å². The highest BCUT2D eigenvalue weighted by Crippen LogP contribution is 2.66. The summed E-state index contributed by atoms with van der Waals surface area (Å²) in [4.78, 5) is 23.7. The summed E-state index contributed by atoms with van der Waals surface area (Å²) in [5, 5.41) is 2.62. The first-order valence-electron chi connectivity index (χ1n) is 10.3. The fraction of sp³-hybridized carbons (Fsp3) is 0.905. The van der Waals surface area contributed by atoms with Gasteiger partial charge in [0, 0.05) is 25.3 Å². The smallest absolute Gasteiger partial charge is 0.407 e. The van der Waals surface area contributed by atoms with Gasteiger partial charge < -0.3 is 10.1 Å². The van der Waals surface area contributed by atoms with Gasteiger partial charge in [0.1, 0.15) is 11.9 Å². The van der Waals surface area contributed by atoms with Crippen molar-refractivity contribution in [1.82, 2.24) is 5.32 Å². The molecule has 25 heavy (non-hydrogen) atoms. The number of fused-ring (bicyclic) bond motifs is 5. The van der Waals surface area contributed by atoms with Crippen LogP contribution >= 0.6 is 0 Å². The Balaban J connectivity index is 1.56. The Kier molecular flexibility index (Phi) is 4.16. The zero-order valence-corrected chi connectivity index (χ0v) is 16.0. The van der Waals surface area contributed by atoms with Crippen molar-refractivity contribution < 1.29 is 14.3 Å². The quantitative estimate of drug-likeness (QED) is 0.768. The molecule has 0 aliphatic heterocycles. The number of rotatable bonds is 1. The number of alkyl carbamates (subject to hydrolysis) is 1. The molecular weight excluding hydrogens is 314 g/mol. The molecule has 1 amide bonds. The molecule has 0 aromatic carbocycles. The summed E-state index contributed by atoms with van der Waals surface area (Å²) < 4.78 is 5.76. The molecule has 0 spiro atoms. The molecule has 4 unspecified atom stereocenters. The number of ether oxygens (including phenoxy) is 1. The summed E-state index contributed by atoms with van der Waals surface area (Å²) in [6, 6.07) is 0. The van der Waals surface area contributed by atoms with Crippen LogP contribution in [0.5, 0.6) is 0 Å². The minimum atomic E-state index is -0.282. The zero-order chi connectivity index (χ0) is 17.8. The van der Waals surface area contributed by atoms with E-state index in [1.807, 2.05) is 0 Å². The van der Waals surface area contributed by atoms with Crippen molar-refractivity contribution in [2.24, 2.45) is 34.5 Å². The molecule has 4 aliphatic carbocycles. The Morgan fingerprint density at radius 1 is 1.04 bits per heavy atom. The molecule has 0 radical (unpaired) electrons. The minimum Gasteiger partial charge on any atom is -0.446 e. The lowest BCUT2D eigenvalue weighted by molar-refractivity contribution is -0.142. The summed E-state index contributed by atoms with van der Waals surface area (Å²) in [7, 11) is 1.64. The van der Waals surface area contributed by atoms with Crippen LogP contribution in [0.3, 0.4) is 0 Å². The van der Waals surface area contributed by atoms with Gasteiger partial charge in [-0.2, -0.15) is 0 Å². The summed E-state index contributed by atoms with van der Waals surface area (Å²) in [6.07, 6.45) is 9.59. The lowest BCUT2D eigenvalue weighted by Crippen LogP contribution is -2.54. The Morgan fingerprint density at radius 3 is 2.56 bits per heavy atom. The molecule has 4 nitrogen and oxygen atoms in total. The average molecular weight is 347 g/mol. The van der Waals surface area contributed by atoms with Crippen molar-refractivity contribution in [1.29, 1.82) is 0 Å². The Bertz CT molecular complexity index is 575. The third-order valence-electron chi connectivity index (χ3n) is 8.85. The van der Waals surface area contributed by atoms with E-state index in [0.717, 1.165) is 43.9 Å². The largest absolute Gasteiger partial charge is 0.446 e. The maximum absolute atomic E-state index is 12.0. The minimum absolute atomic E-state index is 0.0665. The van der Waals surface area contributed by atoms with E-state index in [0.29, 0.717) is 23.0 Å². The van der Waals surface area contributed by atoms with Gasteiger partial charge in [0.2, 0.25) is 0 Å². The summed E-state index contributed by atoms with van der Waals surface area (Å²) in [5.74, 6) is 3.29. The first-order valence-corrected chi connectivity index (χ1v) is 10.3. The number of ketones is 1. The number of carbonyl (C=O) groups excluding carboxylic acids is 2. The van der Waals surface area contributed by atoms with Crippen LogP contribution in [0.1, 0.15) is 71.6 Å². The summed E-state index contributed by atoms with van der Waals surface area (Å²) >= 11 is 0. The lowest BCUT2D eigenvalue weighted by Gasteiger charge is -2.60. The second-order valence-corrected chi connectivity index (χ2v) is 9.67. The number of carbonyl (C=O) groups is 2. The third-order valence-corrected chi connectivity index (χ3v) is 8.85. The number of Topliss-reactive ketones (excluding diaryl/α,β-unsaturated/α-hetero) is 1. The van der Waals surface area contributed by atoms with Crippen molar-refractivity contribution >= 4 is 11.9 Å². The molecule has 4 saturated carbocycles. The topological polar surface area (TPSA) is 55.4 Å². The average Bonchev–Trinajstić information content (AvgIpc) is 2.92. The first kappa shape index (κ1) is 17.4. The predicted molar refractivity (Wildman–Crippen MR) is 96.1 cm³/mol. The number of hydrogen-bond donors (Lipinski definition) is 1. The van der Waals surface area contributed by atoms with E-state index in [9.17, 15) is 9.59 Å². The van der Waals surface area contributed by atoms with Crippen molar-refractivity contribution in [2.45, 2.75) is 77.7 Å². The van der Waals surface area contributed by atoms with Gasteiger partial charge in [0.05, 0.1) is 0 Å². The fourth-order valence-electron chi connectivity index (χ4n) is 7.38. The van der Waals surface area contributed by atoms with Crippen LogP contribution in [0, 0.1) is 34.5 Å². The Hall–Kier alpha value is -1.06. The van der Waals surface area contributed by atoms with E-state index in [1.54, 1.807) is 7.05 Å². The molecule has 4 fully saturated rings. The highest BCUT2D eigenvalue weighted by atomic mass is 16.6. The Morgan fingerprint density at radius 2 is 1.80 bits per heavy atom. The second kappa shape index (κ2) is 5.99. The van der Waals surface area contributed by atoms with E-state index in [-0.39, 0.29) is 17.6 Å². The molecule has 0 saturated heterocycles. The number of nitrogens with one attached hydrogen (secondary N) is 1. The monoisotopic (exact) mass is 347 g/mol. The molecule has 1 N–H and O–H groups in total. The van der Waals surface area contributed by atoms with Crippen LogP contribution < -0.4 is 5.32 Å². The number of hydrogen-bond acceptors (Lipinski definition) is 3. The Labute approximate surface area is 151 Å². The molecule has 140 valence electrons. The zero-order valence-electron chi connectivity index (χ0n) is 16.0. The summed E-state index contributed by atoms with van der Waals surface area (Å²) in [6.45, 7) is 4.85. The van der Waals surface area contributed by atoms with Gasteiger partial charge in [-0.25, -0.2) is 4.79 Å². The van der Waals surface area contributed by atoms with Crippen LogP contribution in [0.2, 0.25) is 0 Å². The molecule has 0 heterocycles. The van der Waals surface area contributed by atoms with Gasteiger partial charge >= 0.3 is 6.09 Å². The van der Waals surface area contributed by atoms with Crippen molar-refractivity contribution in [3.8, 4) is 0 Å². The number of amides is 1. The molecule has 4 rings (SSSR count). The highest BCUT2D eigenvalue weighted by Gasteiger charge is 2.61. The highest BCUT2D eigenvalue weighted by molar-refractivity contribution is 5.79. The molecule has 4 aliphatic rings. The maximum atomic E-state index is 12.0. The molecule has 0 bridgehead atoms. The normalized spacial score (nSPS) is 48.9. The van der Waals surface area contributed by atoms with Gasteiger partial charge in [0.25, 0.3) is 0 Å². The molecule has 4 heteroatoms. The van der Waals surface area contributed by atoms with Gasteiger partial charge in [-0.15, -0.1) is 0 Å². The molecule has 0 aromatic rings. The van der Waals surface area contributed by atoms with E-state index in [1.165, 1.54) is 25.7 Å². The van der Waals surface area contributed by atoms with E-state index < -0.39 is 0 Å². The lowest BCUT2D eigenvalue weighted by atomic mass is 9.45. The van der Waals surface area contributed by atoms with Crippen molar-refractivity contribution in [3.05, 3.63) is 0 Å². The van der Waals surface area contributed by atoms with Crippen LogP contribution in [-0.2, 0) is 9.53 Å². The fourth-order valence-corrected chi connectivity index (χ4v) is 7.38. The third kappa shape index (κ3) is 2.54. The first-order chi connectivity index (χ1) is 11.9. The van der Waals surface area contributed by atoms with Gasteiger partial charge in [0.15, 0.2) is 0 Å². The van der Waals surface area contributed by atoms with E-state index in [2.05, 4.69) is 19.2 Å². The molecule has 7 atom stereocenters. The van der Waals surface area contributed by atoms with Crippen LogP contribution in [0.15, 0.2) is 0 Å². The van der Waals surface area contributed by atoms with Gasteiger partial charge in [-0.1, -0.05) is 13.8 Å². The molecular formula is C21H33NO3. The summed E-state index contributed by atoms with van der Waals surface area (Å²) in [5.41, 5.74) is 0.499.